The molecule has 0 spiro atoms. The van der Waals surface area contributed by atoms with Crippen molar-refractivity contribution in [1.82, 2.24) is 4.98 Å². The average molecular weight is 244 g/mol. The third-order valence-corrected chi connectivity index (χ3v) is 1.85. The normalized spacial score (nSPS) is 11.1. The van der Waals surface area contributed by atoms with Gasteiger partial charge >= 0.3 is 5.97 Å². The molecule has 1 heterocycles. The molecular weight excluding hydrogens is 230 g/mol. The Labute approximate surface area is 99.5 Å². The zero-order chi connectivity index (χ0) is 12.3. The van der Waals surface area contributed by atoms with Crippen LogP contribution in [0.3, 0.4) is 0 Å². The molecule has 5 heteroatoms. The molecule has 1 aromatic rings. The molecule has 0 saturated heterocycles. The van der Waals surface area contributed by atoms with Gasteiger partial charge in [-0.1, -0.05) is 11.6 Å². The molecule has 16 heavy (non-hydrogen) atoms. The molecule has 0 radical (unpaired) electrons. The number of carbonyl (C=O) groups is 1. The molecule has 0 saturated carbocycles. The third-order valence-electron chi connectivity index (χ3n) is 1.64. The molecule has 0 N–H and O–H groups in total. The first-order chi connectivity index (χ1) is 7.33. The van der Waals surface area contributed by atoms with Crippen LogP contribution in [0.1, 0.15) is 31.1 Å². The first kappa shape index (κ1) is 12.8. The van der Waals surface area contributed by atoms with Crippen molar-refractivity contribution in [2.24, 2.45) is 0 Å². The average Bonchev–Trinajstić information content (AvgIpc) is 2.14. The number of rotatable bonds is 2. The number of carbonyl (C=O) groups excluding carboxylic acids is 1. The van der Waals surface area contributed by atoms with Crippen LogP contribution in [0.15, 0.2) is 12.1 Å². The summed E-state index contributed by atoms with van der Waals surface area (Å²) in [6.45, 7) is 5.38. The lowest BCUT2D eigenvalue weighted by atomic mass is 10.2. The maximum atomic E-state index is 11.8. The number of aromatic nitrogens is 1. The molecule has 0 unspecified atom stereocenters. The van der Waals surface area contributed by atoms with Crippen LogP contribution < -0.4 is 4.74 Å². The van der Waals surface area contributed by atoms with Gasteiger partial charge in [0, 0.05) is 0 Å². The molecule has 1 rings (SSSR count). The van der Waals surface area contributed by atoms with Gasteiger partial charge in [0.25, 0.3) is 0 Å². The van der Waals surface area contributed by atoms with Crippen LogP contribution in [-0.2, 0) is 4.74 Å². The fraction of sp³-hybridized carbons (Fsp3) is 0.455. The third kappa shape index (κ3) is 3.38. The van der Waals surface area contributed by atoms with Gasteiger partial charge in [-0.25, -0.2) is 9.78 Å². The summed E-state index contributed by atoms with van der Waals surface area (Å²) in [4.78, 5) is 15.7. The van der Waals surface area contributed by atoms with Crippen LogP contribution in [0.25, 0.3) is 0 Å². The van der Waals surface area contributed by atoms with E-state index in [9.17, 15) is 4.79 Å². The maximum Gasteiger partial charge on any atom is 0.344 e. The SMILES string of the molecule is COc1nc(Cl)ccc1C(=O)OC(C)(C)C. The molecule has 0 aromatic carbocycles. The van der Waals surface area contributed by atoms with E-state index in [4.69, 9.17) is 21.1 Å². The molecule has 0 aliphatic heterocycles. The Morgan fingerprint density at radius 1 is 1.38 bits per heavy atom. The number of nitrogens with zero attached hydrogens (tertiary/aromatic N) is 1. The number of pyridine rings is 1. The van der Waals surface area contributed by atoms with Crippen molar-refractivity contribution < 1.29 is 14.3 Å². The minimum atomic E-state index is -0.554. The molecule has 0 atom stereocenters. The van der Waals surface area contributed by atoms with Gasteiger partial charge in [0.15, 0.2) is 0 Å². The van der Waals surface area contributed by atoms with Crippen molar-refractivity contribution in [2.75, 3.05) is 7.11 Å². The topological polar surface area (TPSA) is 48.4 Å². The number of hydrogen-bond acceptors (Lipinski definition) is 4. The van der Waals surface area contributed by atoms with Gasteiger partial charge in [-0.2, -0.15) is 0 Å². The molecule has 1 aromatic heterocycles. The second-order valence-electron chi connectivity index (χ2n) is 4.19. The molecule has 0 aliphatic carbocycles. The molecule has 0 amide bonds. The zero-order valence-electron chi connectivity index (χ0n) is 9.70. The molecular formula is C11H14ClNO3. The summed E-state index contributed by atoms with van der Waals surface area (Å²) < 4.78 is 10.2. The van der Waals surface area contributed by atoms with Crippen molar-refractivity contribution in [3.05, 3.63) is 22.8 Å². The van der Waals surface area contributed by atoms with E-state index in [2.05, 4.69) is 4.98 Å². The van der Waals surface area contributed by atoms with Crippen LogP contribution in [-0.4, -0.2) is 23.7 Å². The Bertz CT molecular complexity index is 399. The fourth-order valence-corrected chi connectivity index (χ4v) is 1.20. The molecule has 0 bridgehead atoms. The van der Waals surface area contributed by atoms with Crippen LogP contribution >= 0.6 is 11.6 Å². The van der Waals surface area contributed by atoms with Crippen molar-refractivity contribution >= 4 is 17.6 Å². The maximum absolute atomic E-state index is 11.8. The van der Waals surface area contributed by atoms with Gasteiger partial charge in [-0.15, -0.1) is 0 Å². The first-order valence-electron chi connectivity index (χ1n) is 4.77. The van der Waals surface area contributed by atoms with Crippen molar-refractivity contribution in [3.63, 3.8) is 0 Å². The highest BCUT2D eigenvalue weighted by Gasteiger charge is 2.21. The summed E-state index contributed by atoms with van der Waals surface area (Å²) in [5.41, 5.74) is -0.288. The number of halogens is 1. The van der Waals surface area contributed by atoms with E-state index in [1.54, 1.807) is 20.8 Å². The van der Waals surface area contributed by atoms with Crippen molar-refractivity contribution in [1.29, 1.82) is 0 Å². The van der Waals surface area contributed by atoms with Gasteiger partial charge in [-0.3, -0.25) is 0 Å². The highest BCUT2D eigenvalue weighted by Crippen LogP contribution is 2.21. The van der Waals surface area contributed by atoms with E-state index in [1.807, 2.05) is 0 Å². The summed E-state index contributed by atoms with van der Waals surface area (Å²) in [6.07, 6.45) is 0. The fourth-order valence-electron chi connectivity index (χ4n) is 1.06. The van der Waals surface area contributed by atoms with Gasteiger partial charge in [0.05, 0.1) is 7.11 Å². The smallest absolute Gasteiger partial charge is 0.344 e. The quantitative estimate of drug-likeness (QED) is 0.592. The minimum Gasteiger partial charge on any atom is -0.480 e. The molecule has 0 fully saturated rings. The van der Waals surface area contributed by atoms with E-state index in [0.717, 1.165) is 0 Å². The van der Waals surface area contributed by atoms with Crippen molar-refractivity contribution in [2.45, 2.75) is 26.4 Å². The highest BCUT2D eigenvalue weighted by molar-refractivity contribution is 6.29. The summed E-state index contributed by atoms with van der Waals surface area (Å²) in [5.74, 6) is -0.310. The van der Waals surface area contributed by atoms with E-state index in [0.29, 0.717) is 0 Å². The molecule has 4 nitrogen and oxygen atoms in total. The Balaban J connectivity index is 2.99. The standard InChI is InChI=1S/C11H14ClNO3/c1-11(2,3)16-10(14)7-5-6-8(12)13-9(7)15-4/h5-6H,1-4H3. The lowest BCUT2D eigenvalue weighted by molar-refractivity contribution is 0.00658. The van der Waals surface area contributed by atoms with E-state index in [-0.39, 0.29) is 16.6 Å². The largest absolute Gasteiger partial charge is 0.480 e. The van der Waals surface area contributed by atoms with Gasteiger partial charge in [0.1, 0.15) is 16.3 Å². The Hall–Kier alpha value is -1.29. The summed E-state index contributed by atoms with van der Waals surface area (Å²) in [7, 11) is 1.42. The second-order valence-corrected chi connectivity index (χ2v) is 4.58. The minimum absolute atomic E-state index is 0.168. The Kier molecular flexibility index (Phi) is 3.75. The number of ether oxygens (including phenoxy) is 2. The highest BCUT2D eigenvalue weighted by atomic mass is 35.5. The number of esters is 1. The number of hydrogen-bond donors (Lipinski definition) is 0. The zero-order valence-corrected chi connectivity index (χ0v) is 10.5. The van der Waals surface area contributed by atoms with E-state index in [1.165, 1.54) is 19.2 Å². The Morgan fingerprint density at radius 3 is 2.50 bits per heavy atom. The predicted octanol–water partition coefficient (Wildman–Crippen LogP) is 2.70. The second kappa shape index (κ2) is 4.70. The van der Waals surface area contributed by atoms with Crippen molar-refractivity contribution in [3.8, 4) is 5.88 Å². The summed E-state index contributed by atoms with van der Waals surface area (Å²) in [5, 5.41) is 0.268. The monoisotopic (exact) mass is 243 g/mol. The van der Waals surface area contributed by atoms with E-state index >= 15 is 0 Å². The van der Waals surface area contributed by atoms with Gasteiger partial charge < -0.3 is 9.47 Å². The van der Waals surface area contributed by atoms with Crippen LogP contribution in [0.2, 0.25) is 5.15 Å². The lowest BCUT2D eigenvalue weighted by Gasteiger charge is -2.19. The first-order valence-corrected chi connectivity index (χ1v) is 5.15. The van der Waals surface area contributed by atoms with Crippen LogP contribution in [0.4, 0.5) is 0 Å². The van der Waals surface area contributed by atoms with Gasteiger partial charge in [-0.05, 0) is 32.9 Å². The summed E-state index contributed by atoms with van der Waals surface area (Å²) in [6, 6.07) is 3.05. The lowest BCUT2D eigenvalue weighted by Crippen LogP contribution is -2.24. The molecule has 88 valence electrons. The van der Waals surface area contributed by atoms with Gasteiger partial charge in [0.2, 0.25) is 5.88 Å². The van der Waals surface area contributed by atoms with Crippen LogP contribution in [0, 0.1) is 0 Å². The van der Waals surface area contributed by atoms with E-state index < -0.39 is 11.6 Å². The summed E-state index contributed by atoms with van der Waals surface area (Å²) >= 11 is 5.69. The molecule has 0 aliphatic rings. The Morgan fingerprint density at radius 2 is 2.00 bits per heavy atom. The predicted molar refractivity (Wildman–Crippen MR) is 61.0 cm³/mol. The van der Waals surface area contributed by atoms with Crippen LogP contribution in [0.5, 0.6) is 5.88 Å². The number of methoxy groups -OCH3 is 1.